The molecule has 1 heterocycles. The molecular weight excluding hydrogens is 275 g/mol. The van der Waals surface area contributed by atoms with Crippen molar-refractivity contribution in [3.8, 4) is 11.3 Å². The van der Waals surface area contributed by atoms with E-state index in [-0.39, 0.29) is 11.5 Å². The number of nitro benzene ring substituents is 1. The molecule has 104 valence electrons. The molecule has 0 aliphatic carbocycles. The van der Waals surface area contributed by atoms with Gasteiger partial charge in [0.15, 0.2) is 6.29 Å². The first-order valence-electron chi connectivity index (χ1n) is 6.11. The van der Waals surface area contributed by atoms with Crippen LogP contribution in [-0.4, -0.2) is 16.2 Å². The Hall–Kier alpha value is -3.02. The van der Waals surface area contributed by atoms with Crippen LogP contribution in [0.25, 0.3) is 22.2 Å². The molecule has 0 amide bonds. The Labute approximate surface area is 118 Å². The number of benzene rings is 2. The predicted octanol–water partition coefficient (Wildman–Crippen LogP) is 3.69. The minimum atomic E-state index is -0.515. The molecule has 3 aromatic rings. The van der Waals surface area contributed by atoms with Gasteiger partial charge in [0.2, 0.25) is 0 Å². The van der Waals surface area contributed by atoms with Gasteiger partial charge in [-0.15, -0.1) is 0 Å². The number of non-ortho nitro benzene ring substituents is 1. The molecule has 0 fully saturated rings. The lowest BCUT2D eigenvalue weighted by atomic mass is 10.1. The quantitative estimate of drug-likeness (QED) is 0.452. The molecule has 2 aromatic carbocycles. The van der Waals surface area contributed by atoms with Crippen LogP contribution in [0, 0.1) is 15.9 Å². The maximum absolute atomic E-state index is 13.0. The monoisotopic (exact) mass is 284 g/mol. The van der Waals surface area contributed by atoms with E-state index in [1.165, 1.54) is 24.3 Å². The van der Waals surface area contributed by atoms with E-state index in [1.54, 1.807) is 18.2 Å². The lowest BCUT2D eigenvalue weighted by Crippen LogP contribution is -1.87. The second-order valence-corrected chi connectivity index (χ2v) is 4.53. The van der Waals surface area contributed by atoms with E-state index in [9.17, 15) is 19.3 Å². The molecule has 1 aromatic heterocycles. The average Bonchev–Trinajstić information content (AvgIpc) is 2.85. The van der Waals surface area contributed by atoms with E-state index in [0.717, 1.165) is 0 Å². The Morgan fingerprint density at radius 1 is 1.14 bits per heavy atom. The molecule has 0 aliphatic rings. The van der Waals surface area contributed by atoms with Gasteiger partial charge in [0.25, 0.3) is 5.69 Å². The molecule has 0 radical (unpaired) electrons. The van der Waals surface area contributed by atoms with Crippen molar-refractivity contribution in [1.82, 2.24) is 4.98 Å². The summed E-state index contributed by atoms with van der Waals surface area (Å²) in [6.45, 7) is 0. The topological polar surface area (TPSA) is 76.0 Å². The van der Waals surface area contributed by atoms with Crippen LogP contribution in [0.1, 0.15) is 10.4 Å². The maximum Gasteiger partial charge on any atom is 0.270 e. The summed E-state index contributed by atoms with van der Waals surface area (Å²) < 4.78 is 13.0. The first kappa shape index (κ1) is 13.0. The Morgan fingerprint density at radius 3 is 2.48 bits per heavy atom. The zero-order chi connectivity index (χ0) is 15.0. The molecule has 0 atom stereocenters. The zero-order valence-corrected chi connectivity index (χ0v) is 10.7. The molecule has 0 saturated heterocycles. The highest BCUT2D eigenvalue weighted by Crippen LogP contribution is 2.31. The molecule has 1 N–H and O–H groups in total. The summed E-state index contributed by atoms with van der Waals surface area (Å²) in [6.07, 6.45) is 0.640. The molecule has 0 spiro atoms. The van der Waals surface area contributed by atoms with E-state index in [0.29, 0.717) is 34.0 Å². The molecular formula is C15H9FN2O3. The molecule has 0 saturated carbocycles. The number of H-pyrrole nitrogens is 1. The van der Waals surface area contributed by atoms with Crippen LogP contribution >= 0.6 is 0 Å². The van der Waals surface area contributed by atoms with Crippen LogP contribution < -0.4 is 0 Å². The van der Waals surface area contributed by atoms with Crippen LogP contribution in [0.15, 0.2) is 42.5 Å². The van der Waals surface area contributed by atoms with E-state index in [2.05, 4.69) is 4.98 Å². The van der Waals surface area contributed by atoms with Crippen molar-refractivity contribution in [3.05, 3.63) is 64.0 Å². The van der Waals surface area contributed by atoms with E-state index >= 15 is 0 Å². The highest BCUT2D eigenvalue weighted by Gasteiger charge is 2.15. The first-order chi connectivity index (χ1) is 10.1. The number of aldehydes is 1. The predicted molar refractivity (Wildman–Crippen MR) is 75.7 cm³/mol. The van der Waals surface area contributed by atoms with Crippen molar-refractivity contribution in [2.75, 3.05) is 0 Å². The summed E-state index contributed by atoms with van der Waals surface area (Å²) in [4.78, 5) is 24.7. The molecule has 6 heteroatoms. The van der Waals surface area contributed by atoms with Crippen LogP contribution in [0.2, 0.25) is 0 Å². The fourth-order valence-corrected chi connectivity index (χ4v) is 2.28. The summed E-state index contributed by atoms with van der Waals surface area (Å²) >= 11 is 0. The third kappa shape index (κ3) is 2.16. The summed E-state index contributed by atoms with van der Waals surface area (Å²) in [7, 11) is 0. The highest BCUT2D eigenvalue weighted by molar-refractivity contribution is 6.05. The Kier molecular flexibility index (Phi) is 2.98. The Morgan fingerprint density at radius 2 is 1.86 bits per heavy atom. The molecule has 3 rings (SSSR count). The standard InChI is InChI=1S/C15H9FN2O3/c16-10-3-1-9(2-4-10)15-13(8-19)12-7-11(18(20)21)5-6-14(12)17-15/h1-8,17H. The van der Waals surface area contributed by atoms with Gasteiger partial charge in [-0.3, -0.25) is 14.9 Å². The number of fused-ring (bicyclic) bond motifs is 1. The molecule has 0 unspecified atom stereocenters. The van der Waals surface area contributed by atoms with Gasteiger partial charge in [0, 0.05) is 28.6 Å². The van der Waals surface area contributed by atoms with Crippen LogP contribution in [0.4, 0.5) is 10.1 Å². The van der Waals surface area contributed by atoms with Crippen molar-refractivity contribution in [2.24, 2.45) is 0 Å². The lowest BCUT2D eigenvalue weighted by Gasteiger charge is -1.99. The average molecular weight is 284 g/mol. The van der Waals surface area contributed by atoms with Crippen LogP contribution in [0.3, 0.4) is 0 Å². The smallest absolute Gasteiger partial charge is 0.270 e. The number of rotatable bonds is 3. The second-order valence-electron chi connectivity index (χ2n) is 4.53. The van der Waals surface area contributed by atoms with Crippen molar-refractivity contribution >= 4 is 22.9 Å². The number of hydrogen-bond acceptors (Lipinski definition) is 3. The van der Waals surface area contributed by atoms with E-state index in [4.69, 9.17) is 0 Å². The third-order valence-electron chi connectivity index (χ3n) is 3.28. The normalized spacial score (nSPS) is 10.7. The molecule has 5 nitrogen and oxygen atoms in total. The summed E-state index contributed by atoms with van der Waals surface area (Å²) in [5.41, 5.74) is 2.00. The fraction of sp³-hybridized carbons (Fsp3) is 0. The number of halogens is 1. The minimum Gasteiger partial charge on any atom is -0.354 e. The van der Waals surface area contributed by atoms with Gasteiger partial charge < -0.3 is 4.98 Å². The van der Waals surface area contributed by atoms with Gasteiger partial charge >= 0.3 is 0 Å². The lowest BCUT2D eigenvalue weighted by molar-refractivity contribution is -0.384. The fourth-order valence-electron chi connectivity index (χ4n) is 2.28. The molecule has 21 heavy (non-hydrogen) atoms. The number of nitrogens with zero attached hydrogens (tertiary/aromatic N) is 1. The molecule has 0 bridgehead atoms. The van der Waals surface area contributed by atoms with Gasteiger partial charge in [0.05, 0.1) is 10.6 Å². The summed E-state index contributed by atoms with van der Waals surface area (Å²) in [5.74, 6) is -0.377. The van der Waals surface area contributed by atoms with Crippen LogP contribution in [-0.2, 0) is 0 Å². The third-order valence-corrected chi connectivity index (χ3v) is 3.28. The largest absolute Gasteiger partial charge is 0.354 e. The van der Waals surface area contributed by atoms with Gasteiger partial charge in [0.1, 0.15) is 5.82 Å². The number of aromatic nitrogens is 1. The number of aromatic amines is 1. The van der Waals surface area contributed by atoms with Gasteiger partial charge in [-0.1, -0.05) is 0 Å². The van der Waals surface area contributed by atoms with Crippen molar-refractivity contribution in [2.45, 2.75) is 0 Å². The Balaban J connectivity index is 2.26. The first-order valence-corrected chi connectivity index (χ1v) is 6.11. The summed E-state index contributed by atoms with van der Waals surface area (Å²) in [6, 6.07) is 9.93. The van der Waals surface area contributed by atoms with Crippen molar-refractivity contribution in [3.63, 3.8) is 0 Å². The van der Waals surface area contributed by atoms with Gasteiger partial charge in [-0.2, -0.15) is 0 Å². The van der Waals surface area contributed by atoms with Gasteiger partial charge in [-0.25, -0.2) is 4.39 Å². The number of nitrogens with one attached hydrogen (secondary N) is 1. The van der Waals surface area contributed by atoms with E-state index in [1.807, 2.05) is 0 Å². The van der Waals surface area contributed by atoms with Crippen molar-refractivity contribution < 1.29 is 14.1 Å². The highest BCUT2D eigenvalue weighted by atomic mass is 19.1. The number of nitro groups is 1. The second kappa shape index (κ2) is 4.82. The SMILES string of the molecule is O=Cc1c(-c2ccc(F)cc2)[nH]c2ccc([N+](=O)[O-])cc12. The maximum atomic E-state index is 13.0. The van der Waals surface area contributed by atoms with Gasteiger partial charge in [-0.05, 0) is 35.9 Å². The number of carbonyl (C=O) groups is 1. The number of carbonyl (C=O) groups excluding carboxylic acids is 1. The van der Waals surface area contributed by atoms with E-state index < -0.39 is 4.92 Å². The zero-order valence-electron chi connectivity index (χ0n) is 10.7. The molecule has 0 aliphatic heterocycles. The number of hydrogen-bond donors (Lipinski definition) is 1. The van der Waals surface area contributed by atoms with Crippen molar-refractivity contribution in [1.29, 1.82) is 0 Å². The Bertz CT molecular complexity index is 853. The summed E-state index contributed by atoms with van der Waals surface area (Å²) in [5, 5.41) is 11.3. The minimum absolute atomic E-state index is 0.0877. The van der Waals surface area contributed by atoms with Crippen LogP contribution in [0.5, 0.6) is 0 Å².